The standard InChI is InChI=1S/C11H11FN2O/c12-9(6-13)11-14-10(7-15-11)8-4-2-1-3-5-8/h1-5,7,9H,6,13H2. The monoisotopic (exact) mass is 206 g/mol. The molecule has 2 N–H and O–H groups in total. The average Bonchev–Trinajstić information content (AvgIpc) is 2.78. The highest BCUT2D eigenvalue weighted by Crippen LogP contribution is 2.22. The Labute approximate surface area is 86.7 Å². The number of oxazole rings is 1. The van der Waals surface area contributed by atoms with Crippen LogP contribution in [0, 0.1) is 0 Å². The van der Waals surface area contributed by atoms with Gasteiger partial charge in [-0.3, -0.25) is 0 Å². The molecule has 0 spiro atoms. The number of rotatable bonds is 3. The summed E-state index contributed by atoms with van der Waals surface area (Å²) in [7, 11) is 0. The molecule has 1 aromatic heterocycles. The van der Waals surface area contributed by atoms with Crippen molar-refractivity contribution in [1.29, 1.82) is 0 Å². The fraction of sp³-hybridized carbons (Fsp3) is 0.182. The van der Waals surface area contributed by atoms with E-state index in [1.54, 1.807) is 0 Å². The number of benzene rings is 1. The topological polar surface area (TPSA) is 52.0 Å². The van der Waals surface area contributed by atoms with E-state index in [0.717, 1.165) is 5.56 Å². The van der Waals surface area contributed by atoms with Gasteiger partial charge in [0.15, 0.2) is 6.17 Å². The van der Waals surface area contributed by atoms with Crippen LogP contribution in [0.25, 0.3) is 11.3 Å². The first kappa shape index (κ1) is 9.86. The number of alkyl halides is 1. The molecular weight excluding hydrogens is 195 g/mol. The van der Waals surface area contributed by atoms with Crippen LogP contribution in [0.1, 0.15) is 12.1 Å². The van der Waals surface area contributed by atoms with Gasteiger partial charge in [-0.1, -0.05) is 30.3 Å². The van der Waals surface area contributed by atoms with E-state index in [1.165, 1.54) is 6.26 Å². The number of hydrogen-bond donors (Lipinski definition) is 1. The van der Waals surface area contributed by atoms with Crippen LogP contribution in [0.15, 0.2) is 41.0 Å². The number of nitrogens with zero attached hydrogens (tertiary/aromatic N) is 1. The molecule has 1 atom stereocenters. The maximum absolute atomic E-state index is 13.1. The third-order valence-electron chi connectivity index (χ3n) is 2.07. The molecule has 0 radical (unpaired) electrons. The lowest BCUT2D eigenvalue weighted by Gasteiger charge is -1.97. The van der Waals surface area contributed by atoms with E-state index in [0.29, 0.717) is 5.69 Å². The molecule has 0 saturated carbocycles. The predicted molar refractivity (Wildman–Crippen MR) is 54.8 cm³/mol. The zero-order valence-electron chi connectivity index (χ0n) is 8.06. The normalized spacial score (nSPS) is 12.7. The smallest absolute Gasteiger partial charge is 0.230 e. The van der Waals surface area contributed by atoms with E-state index < -0.39 is 6.17 Å². The summed E-state index contributed by atoms with van der Waals surface area (Å²) in [6, 6.07) is 9.45. The third-order valence-corrected chi connectivity index (χ3v) is 2.07. The van der Waals surface area contributed by atoms with Crippen LogP contribution in [0.5, 0.6) is 0 Å². The molecular formula is C11H11FN2O. The van der Waals surface area contributed by atoms with Crippen LogP contribution >= 0.6 is 0 Å². The van der Waals surface area contributed by atoms with Gasteiger partial charge in [-0.2, -0.15) is 0 Å². The quantitative estimate of drug-likeness (QED) is 0.838. The van der Waals surface area contributed by atoms with Crippen LogP contribution in [0.4, 0.5) is 4.39 Å². The summed E-state index contributed by atoms with van der Waals surface area (Å²) in [6.45, 7) is -0.116. The minimum atomic E-state index is -1.33. The van der Waals surface area contributed by atoms with Crippen LogP contribution in [0.2, 0.25) is 0 Å². The van der Waals surface area contributed by atoms with Crippen LogP contribution in [-0.2, 0) is 0 Å². The Morgan fingerprint density at radius 2 is 2.07 bits per heavy atom. The van der Waals surface area contributed by atoms with Gasteiger partial charge < -0.3 is 10.2 Å². The maximum Gasteiger partial charge on any atom is 0.230 e. The molecule has 3 nitrogen and oxygen atoms in total. The van der Waals surface area contributed by atoms with E-state index in [-0.39, 0.29) is 12.4 Å². The van der Waals surface area contributed by atoms with Crippen molar-refractivity contribution in [3.05, 3.63) is 42.5 Å². The number of aromatic nitrogens is 1. The molecule has 0 bridgehead atoms. The average molecular weight is 206 g/mol. The summed E-state index contributed by atoms with van der Waals surface area (Å²) in [5, 5.41) is 0. The van der Waals surface area contributed by atoms with Gasteiger partial charge >= 0.3 is 0 Å². The van der Waals surface area contributed by atoms with E-state index in [9.17, 15) is 4.39 Å². The summed E-state index contributed by atoms with van der Waals surface area (Å²) in [4.78, 5) is 4.03. The van der Waals surface area contributed by atoms with Gasteiger partial charge in [0.2, 0.25) is 5.89 Å². The summed E-state index contributed by atoms with van der Waals surface area (Å²) >= 11 is 0. The van der Waals surface area contributed by atoms with Crippen molar-refractivity contribution in [3.63, 3.8) is 0 Å². The molecule has 4 heteroatoms. The minimum Gasteiger partial charge on any atom is -0.445 e. The van der Waals surface area contributed by atoms with E-state index >= 15 is 0 Å². The molecule has 2 rings (SSSR count). The van der Waals surface area contributed by atoms with Crippen LogP contribution in [0.3, 0.4) is 0 Å². The molecule has 2 aromatic rings. The Kier molecular flexibility index (Phi) is 2.78. The van der Waals surface area contributed by atoms with Crippen molar-refractivity contribution in [2.75, 3.05) is 6.54 Å². The Morgan fingerprint density at radius 1 is 1.33 bits per heavy atom. The summed E-state index contributed by atoms with van der Waals surface area (Å²) in [5.74, 6) is 0.0383. The summed E-state index contributed by atoms with van der Waals surface area (Å²) in [6.07, 6.45) is 0.106. The first-order valence-corrected chi connectivity index (χ1v) is 4.66. The zero-order valence-corrected chi connectivity index (χ0v) is 8.06. The SMILES string of the molecule is NCC(F)c1nc(-c2ccccc2)co1. The van der Waals surface area contributed by atoms with Crippen LogP contribution in [-0.4, -0.2) is 11.5 Å². The molecule has 0 aliphatic carbocycles. The Hall–Kier alpha value is -1.68. The maximum atomic E-state index is 13.1. The minimum absolute atomic E-state index is 0.0383. The van der Waals surface area contributed by atoms with Gasteiger partial charge in [-0.15, -0.1) is 0 Å². The number of hydrogen-bond acceptors (Lipinski definition) is 3. The van der Waals surface area contributed by atoms with Gasteiger partial charge in [0.1, 0.15) is 12.0 Å². The summed E-state index contributed by atoms with van der Waals surface area (Å²) in [5.41, 5.74) is 6.70. The second-order valence-electron chi connectivity index (χ2n) is 3.14. The van der Waals surface area contributed by atoms with Gasteiger partial charge in [-0.25, -0.2) is 9.37 Å². The van der Waals surface area contributed by atoms with Crippen molar-refractivity contribution >= 4 is 0 Å². The fourth-order valence-corrected chi connectivity index (χ4v) is 1.27. The lowest BCUT2D eigenvalue weighted by molar-refractivity contribution is 0.283. The van der Waals surface area contributed by atoms with Crippen LogP contribution < -0.4 is 5.73 Å². The molecule has 0 saturated heterocycles. The second kappa shape index (κ2) is 4.23. The second-order valence-corrected chi connectivity index (χ2v) is 3.14. The van der Waals surface area contributed by atoms with E-state index in [4.69, 9.17) is 10.2 Å². The highest BCUT2D eigenvalue weighted by molar-refractivity contribution is 5.57. The Morgan fingerprint density at radius 3 is 2.73 bits per heavy atom. The third kappa shape index (κ3) is 2.05. The lowest BCUT2D eigenvalue weighted by atomic mass is 10.2. The number of halogens is 1. The zero-order chi connectivity index (χ0) is 10.7. The first-order valence-electron chi connectivity index (χ1n) is 4.66. The molecule has 1 unspecified atom stereocenters. The van der Waals surface area contributed by atoms with Gasteiger partial charge in [0, 0.05) is 12.1 Å². The van der Waals surface area contributed by atoms with Crippen molar-refractivity contribution in [2.24, 2.45) is 5.73 Å². The predicted octanol–water partition coefficient (Wildman–Crippen LogP) is 2.31. The van der Waals surface area contributed by atoms with Crippen molar-refractivity contribution < 1.29 is 8.81 Å². The molecule has 0 fully saturated rings. The Bertz CT molecular complexity index is 427. The fourth-order valence-electron chi connectivity index (χ4n) is 1.27. The van der Waals surface area contributed by atoms with E-state index in [1.807, 2.05) is 30.3 Å². The van der Waals surface area contributed by atoms with Gasteiger partial charge in [0.25, 0.3) is 0 Å². The molecule has 0 aliphatic rings. The molecule has 0 amide bonds. The highest BCUT2D eigenvalue weighted by atomic mass is 19.1. The first-order chi connectivity index (χ1) is 7.31. The molecule has 15 heavy (non-hydrogen) atoms. The van der Waals surface area contributed by atoms with Crippen molar-refractivity contribution in [1.82, 2.24) is 4.98 Å². The number of nitrogens with two attached hydrogens (primary N) is 1. The lowest BCUT2D eigenvalue weighted by Crippen LogP contribution is -2.07. The van der Waals surface area contributed by atoms with E-state index in [2.05, 4.69) is 4.98 Å². The van der Waals surface area contributed by atoms with Crippen molar-refractivity contribution in [2.45, 2.75) is 6.17 Å². The molecule has 78 valence electrons. The Balaban J connectivity index is 2.28. The largest absolute Gasteiger partial charge is 0.445 e. The molecule has 0 aliphatic heterocycles. The molecule has 1 heterocycles. The summed E-state index contributed by atoms with van der Waals surface area (Å²) < 4.78 is 18.1. The highest BCUT2D eigenvalue weighted by Gasteiger charge is 2.14. The van der Waals surface area contributed by atoms with Gasteiger partial charge in [-0.05, 0) is 0 Å². The van der Waals surface area contributed by atoms with Gasteiger partial charge in [0.05, 0.1) is 0 Å². The molecule has 1 aromatic carbocycles. The van der Waals surface area contributed by atoms with Crippen molar-refractivity contribution in [3.8, 4) is 11.3 Å².